The minimum absolute atomic E-state index is 0.0776. The van der Waals surface area contributed by atoms with Crippen LogP contribution >= 0.6 is 0 Å². The third kappa shape index (κ3) is 4.25. The van der Waals surface area contributed by atoms with E-state index in [1.54, 1.807) is 0 Å². The number of carbonyl (C=O) groups is 1. The van der Waals surface area contributed by atoms with Crippen molar-refractivity contribution in [2.75, 3.05) is 38.3 Å². The highest BCUT2D eigenvalue weighted by molar-refractivity contribution is 7.90. The van der Waals surface area contributed by atoms with E-state index in [0.717, 1.165) is 50.8 Å². The van der Waals surface area contributed by atoms with Gasteiger partial charge in [-0.2, -0.15) is 0 Å². The van der Waals surface area contributed by atoms with Crippen molar-refractivity contribution in [2.45, 2.75) is 54.5 Å². The number of amides is 2. The summed E-state index contributed by atoms with van der Waals surface area (Å²) in [5.41, 5.74) is 0.997. The largest absolute Gasteiger partial charge is 0.325 e. The molecule has 1 aliphatic heterocycles. The first kappa shape index (κ1) is 24.3. The van der Waals surface area contributed by atoms with Gasteiger partial charge >= 0.3 is 6.03 Å². The van der Waals surface area contributed by atoms with Gasteiger partial charge in [0.1, 0.15) is 5.82 Å². The van der Waals surface area contributed by atoms with Crippen LogP contribution in [0.5, 0.6) is 0 Å². The van der Waals surface area contributed by atoms with Gasteiger partial charge in [-0.05, 0) is 82.3 Å². The van der Waals surface area contributed by atoms with Crippen LogP contribution in [-0.4, -0.2) is 63.2 Å². The summed E-state index contributed by atoms with van der Waals surface area (Å²) >= 11 is 0. The number of urea groups is 1. The standard InChI is InChI=1S/C27H34FN3O3S/c1-29(2)27(21-7-5-4-6-8-21)15-13-26(14-16-27)19-30(25(32)31(26)18-20-9-10-20)24-12-11-22(17-23(24)28)35(3,33)34/h4-8,11-12,17,20H,9-10,13-16,18-19H2,1-3H3/t26-,27-. The molecule has 0 unspecified atom stereocenters. The Morgan fingerprint density at radius 3 is 2.23 bits per heavy atom. The Morgan fingerprint density at radius 1 is 1.03 bits per heavy atom. The summed E-state index contributed by atoms with van der Waals surface area (Å²) in [4.78, 5) is 19.5. The van der Waals surface area contributed by atoms with Gasteiger partial charge in [0, 0.05) is 18.3 Å². The van der Waals surface area contributed by atoms with E-state index >= 15 is 4.39 Å². The molecule has 8 heteroatoms. The molecule has 0 atom stereocenters. The fourth-order valence-electron chi connectivity index (χ4n) is 6.05. The summed E-state index contributed by atoms with van der Waals surface area (Å²) in [7, 11) is 0.715. The number of nitrogens with zero attached hydrogens (tertiary/aromatic N) is 3. The maximum absolute atomic E-state index is 15.1. The lowest BCUT2D eigenvalue weighted by atomic mass is 9.68. The van der Waals surface area contributed by atoms with Crippen molar-refractivity contribution in [1.29, 1.82) is 0 Å². The Bertz CT molecular complexity index is 1220. The lowest BCUT2D eigenvalue weighted by Gasteiger charge is -2.51. The van der Waals surface area contributed by atoms with E-state index in [-0.39, 0.29) is 27.7 Å². The summed E-state index contributed by atoms with van der Waals surface area (Å²) in [6, 6.07) is 14.3. The molecule has 2 aromatic rings. The highest BCUT2D eigenvalue weighted by Crippen LogP contribution is 2.50. The van der Waals surface area contributed by atoms with E-state index < -0.39 is 15.7 Å². The molecule has 2 aliphatic carbocycles. The molecule has 0 N–H and O–H groups in total. The van der Waals surface area contributed by atoms with Gasteiger partial charge in [0.05, 0.1) is 22.7 Å². The summed E-state index contributed by atoms with van der Waals surface area (Å²) in [5, 5.41) is 0. The SMILES string of the molecule is CN(C)[C@]1(c2ccccc2)CC[C@@]2(CC1)CN(c1ccc(S(C)(=O)=O)cc1F)C(=O)N2CC1CC1. The molecule has 1 heterocycles. The average Bonchev–Trinajstić information content (AvgIpc) is 3.61. The van der Waals surface area contributed by atoms with Crippen LogP contribution in [0.3, 0.4) is 0 Å². The Labute approximate surface area is 207 Å². The van der Waals surface area contributed by atoms with Gasteiger partial charge in [0.2, 0.25) is 0 Å². The van der Waals surface area contributed by atoms with E-state index in [1.165, 1.54) is 22.6 Å². The molecule has 0 bridgehead atoms. The molecule has 2 aromatic carbocycles. The molecule has 6 nitrogen and oxygen atoms in total. The molecule has 188 valence electrons. The first-order chi connectivity index (χ1) is 16.6. The van der Waals surface area contributed by atoms with Gasteiger partial charge in [-0.1, -0.05) is 30.3 Å². The fourth-order valence-corrected chi connectivity index (χ4v) is 6.68. The number of hydrogen-bond acceptors (Lipinski definition) is 4. The van der Waals surface area contributed by atoms with Crippen molar-refractivity contribution in [3.05, 3.63) is 59.9 Å². The smallest absolute Gasteiger partial charge is 0.317 e. The maximum atomic E-state index is 15.1. The predicted molar refractivity (Wildman–Crippen MR) is 135 cm³/mol. The lowest BCUT2D eigenvalue weighted by Crippen LogP contribution is -2.55. The van der Waals surface area contributed by atoms with Gasteiger partial charge in [0.15, 0.2) is 9.84 Å². The molecule has 0 aromatic heterocycles. The van der Waals surface area contributed by atoms with Crippen molar-refractivity contribution < 1.29 is 17.6 Å². The van der Waals surface area contributed by atoms with E-state index in [0.29, 0.717) is 19.0 Å². The highest BCUT2D eigenvalue weighted by Gasteiger charge is 2.55. The topological polar surface area (TPSA) is 60.9 Å². The molecule has 1 spiro atoms. The quantitative estimate of drug-likeness (QED) is 0.581. The summed E-state index contributed by atoms with van der Waals surface area (Å²) in [6.07, 6.45) is 6.78. The molecule has 3 aliphatic rings. The first-order valence-electron chi connectivity index (χ1n) is 12.4. The minimum atomic E-state index is -3.53. The monoisotopic (exact) mass is 499 g/mol. The van der Waals surface area contributed by atoms with E-state index in [1.807, 2.05) is 11.0 Å². The van der Waals surface area contributed by atoms with Gasteiger partial charge in [-0.15, -0.1) is 0 Å². The number of benzene rings is 2. The van der Waals surface area contributed by atoms with Crippen LogP contribution in [0.25, 0.3) is 0 Å². The van der Waals surface area contributed by atoms with Crippen LogP contribution < -0.4 is 4.90 Å². The minimum Gasteiger partial charge on any atom is -0.317 e. The number of rotatable bonds is 6. The normalized spacial score (nSPS) is 27.3. The summed E-state index contributed by atoms with van der Waals surface area (Å²) in [6.45, 7) is 1.13. The fraction of sp³-hybridized carbons (Fsp3) is 0.519. The van der Waals surface area contributed by atoms with Crippen molar-refractivity contribution >= 4 is 21.6 Å². The van der Waals surface area contributed by atoms with Gasteiger partial charge in [-0.3, -0.25) is 9.80 Å². The second-order valence-corrected chi connectivity index (χ2v) is 12.8. The molecule has 2 amide bonds. The second-order valence-electron chi connectivity index (χ2n) is 10.8. The molecule has 2 saturated carbocycles. The Kier molecular flexibility index (Phi) is 5.95. The van der Waals surface area contributed by atoms with Crippen molar-refractivity contribution in [1.82, 2.24) is 9.80 Å². The number of carbonyl (C=O) groups excluding carboxylic acids is 1. The summed E-state index contributed by atoms with van der Waals surface area (Å²) < 4.78 is 38.9. The Morgan fingerprint density at radius 2 is 1.69 bits per heavy atom. The molecule has 0 radical (unpaired) electrons. The highest BCUT2D eigenvalue weighted by atomic mass is 32.2. The molecule has 5 rings (SSSR count). The number of halogens is 1. The lowest BCUT2D eigenvalue weighted by molar-refractivity contribution is 0.0249. The van der Waals surface area contributed by atoms with Crippen LogP contribution in [0.1, 0.15) is 44.1 Å². The third-order valence-corrected chi connectivity index (χ3v) is 9.55. The zero-order valence-electron chi connectivity index (χ0n) is 20.7. The van der Waals surface area contributed by atoms with Gasteiger partial charge in [-0.25, -0.2) is 17.6 Å². The van der Waals surface area contributed by atoms with Crippen LogP contribution in [-0.2, 0) is 15.4 Å². The Balaban J connectivity index is 1.47. The molecular weight excluding hydrogens is 465 g/mol. The van der Waals surface area contributed by atoms with Gasteiger partial charge < -0.3 is 4.90 Å². The number of hydrogen-bond donors (Lipinski definition) is 0. The zero-order chi connectivity index (χ0) is 25.0. The number of anilines is 1. The average molecular weight is 500 g/mol. The van der Waals surface area contributed by atoms with Crippen molar-refractivity contribution in [3.8, 4) is 0 Å². The third-order valence-electron chi connectivity index (χ3n) is 8.44. The molecule has 35 heavy (non-hydrogen) atoms. The maximum Gasteiger partial charge on any atom is 0.325 e. The van der Waals surface area contributed by atoms with Crippen LogP contribution in [0, 0.1) is 11.7 Å². The van der Waals surface area contributed by atoms with Crippen LogP contribution in [0.15, 0.2) is 53.4 Å². The van der Waals surface area contributed by atoms with Crippen molar-refractivity contribution in [3.63, 3.8) is 0 Å². The van der Waals surface area contributed by atoms with Crippen LogP contribution in [0.2, 0.25) is 0 Å². The second kappa shape index (κ2) is 8.59. The predicted octanol–water partition coefficient (Wildman–Crippen LogP) is 4.65. The van der Waals surface area contributed by atoms with Gasteiger partial charge in [0.25, 0.3) is 0 Å². The molecule has 3 fully saturated rings. The zero-order valence-corrected chi connectivity index (χ0v) is 21.5. The first-order valence-corrected chi connectivity index (χ1v) is 14.3. The Hall–Kier alpha value is -2.45. The molecule has 1 saturated heterocycles. The van der Waals surface area contributed by atoms with Crippen molar-refractivity contribution in [2.24, 2.45) is 5.92 Å². The van der Waals surface area contributed by atoms with E-state index in [4.69, 9.17) is 0 Å². The van der Waals surface area contributed by atoms with E-state index in [9.17, 15) is 13.2 Å². The van der Waals surface area contributed by atoms with Crippen LogP contribution in [0.4, 0.5) is 14.9 Å². The molecular formula is C27H34FN3O3S. The summed E-state index contributed by atoms with van der Waals surface area (Å²) in [5.74, 6) is -0.157. The van der Waals surface area contributed by atoms with E-state index in [2.05, 4.69) is 43.3 Å². The number of sulfone groups is 1.